The second kappa shape index (κ2) is 6.00. The SMILES string of the molecule is CC(C)[NH2+]CCCn1c(C(C)(C)C)cn2c3ccccc3nc12. The summed E-state index contributed by atoms with van der Waals surface area (Å²) >= 11 is 0. The summed E-state index contributed by atoms with van der Waals surface area (Å²) in [6.45, 7) is 13.5. The number of hydrogen-bond acceptors (Lipinski definition) is 1. The Kier molecular flexibility index (Phi) is 4.19. The normalized spacial score (nSPS) is 12.8. The molecular weight excluding hydrogens is 284 g/mol. The van der Waals surface area contributed by atoms with Gasteiger partial charge in [0.25, 0.3) is 0 Å². The van der Waals surface area contributed by atoms with Gasteiger partial charge in [0.1, 0.15) is 0 Å². The lowest BCUT2D eigenvalue weighted by Crippen LogP contribution is -2.88. The maximum absolute atomic E-state index is 4.88. The van der Waals surface area contributed by atoms with Crippen LogP contribution in [-0.4, -0.2) is 26.5 Å². The average molecular weight is 313 g/mol. The predicted octanol–water partition coefficient (Wildman–Crippen LogP) is 2.95. The number of quaternary nitrogens is 1. The molecule has 0 aliphatic rings. The molecule has 0 fully saturated rings. The van der Waals surface area contributed by atoms with Gasteiger partial charge in [-0.15, -0.1) is 0 Å². The highest BCUT2D eigenvalue weighted by Gasteiger charge is 2.23. The van der Waals surface area contributed by atoms with Crippen LogP contribution in [-0.2, 0) is 12.0 Å². The van der Waals surface area contributed by atoms with E-state index in [0.717, 1.165) is 30.8 Å². The Bertz CT molecular complexity index is 802. The molecule has 2 heterocycles. The molecule has 0 saturated carbocycles. The fourth-order valence-corrected chi connectivity index (χ4v) is 3.17. The summed E-state index contributed by atoms with van der Waals surface area (Å²) < 4.78 is 4.66. The van der Waals surface area contributed by atoms with Gasteiger partial charge >= 0.3 is 0 Å². The van der Waals surface area contributed by atoms with Crippen molar-refractivity contribution in [3.63, 3.8) is 0 Å². The van der Waals surface area contributed by atoms with E-state index in [0.29, 0.717) is 6.04 Å². The maximum Gasteiger partial charge on any atom is 0.215 e. The van der Waals surface area contributed by atoms with E-state index in [1.54, 1.807) is 0 Å². The zero-order valence-electron chi connectivity index (χ0n) is 15.0. The molecule has 124 valence electrons. The number of aromatic nitrogens is 3. The van der Waals surface area contributed by atoms with Gasteiger partial charge in [-0.1, -0.05) is 32.9 Å². The van der Waals surface area contributed by atoms with Crippen LogP contribution in [0.25, 0.3) is 16.8 Å². The molecule has 0 aliphatic heterocycles. The number of imidazole rings is 2. The van der Waals surface area contributed by atoms with Crippen molar-refractivity contribution in [3.8, 4) is 0 Å². The number of nitrogens with two attached hydrogens (primary N) is 1. The fourth-order valence-electron chi connectivity index (χ4n) is 3.17. The summed E-state index contributed by atoms with van der Waals surface area (Å²) in [7, 11) is 0. The topological polar surface area (TPSA) is 38.8 Å². The van der Waals surface area contributed by atoms with Crippen LogP contribution in [0.15, 0.2) is 30.5 Å². The van der Waals surface area contributed by atoms with Gasteiger partial charge < -0.3 is 9.88 Å². The van der Waals surface area contributed by atoms with Crippen LogP contribution in [0.3, 0.4) is 0 Å². The van der Waals surface area contributed by atoms with Crippen LogP contribution < -0.4 is 5.32 Å². The molecule has 0 amide bonds. The molecule has 3 aromatic rings. The number of hydrogen-bond donors (Lipinski definition) is 1. The van der Waals surface area contributed by atoms with Crippen LogP contribution in [0.4, 0.5) is 0 Å². The van der Waals surface area contributed by atoms with Crippen molar-refractivity contribution in [1.82, 2.24) is 14.0 Å². The number of para-hydroxylation sites is 2. The summed E-state index contributed by atoms with van der Waals surface area (Å²) in [5.41, 5.74) is 3.74. The third-order valence-corrected chi connectivity index (χ3v) is 4.35. The second-order valence-corrected chi connectivity index (χ2v) is 7.81. The number of fused-ring (bicyclic) bond motifs is 3. The first-order valence-corrected chi connectivity index (χ1v) is 8.68. The Labute approximate surface area is 138 Å². The van der Waals surface area contributed by atoms with Gasteiger partial charge in [0.15, 0.2) is 0 Å². The Morgan fingerprint density at radius 1 is 1.17 bits per heavy atom. The summed E-state index contributed by atoms with van der Waals surface area (Å²) in [6, 6.07) is 9.05. The molecule has 2 aromatic heterocycles. The minimum absolute atomic E-state index is 0.115. The Morgan fingerprint density at radius 3 is 2.61 bits per heavy atom. The van der Waals surface area contributed by atoms with Gasteiger partial charge in [0.2, 0.25) is 5.78 Å². The average Bonchev–Trinajstić information content (AvgIpc) is 2.99. The summed E-state index contributed by atoms with van der Waals surface area (Å²) in [5, 5.41) is 2.40. The smallest absolute Gasteiger partial charge is 0.215 e. The maximum atomic E-state index is 4.88. The van der Waals surface area contributed by atoms with Crippen LogP contribution in [0.5, 0.6) is 0 Å². The van der Waals surface area contributed by atoms with Crippen molar-refractivity contribution < 1.29 is 5.32 Å². The third kappa shape index (κ3) is 3.13. The summed E-state index contributed by atoms with van der Waals surface area (Å²) in [4.78, 5) is 4.88. The third-order valence-electron chi connectivity index (χ3n) is 4.35. The molecule has 4 nitrogen and oxygen atoms in total. The highest BCUT2D eigenvalue weighted by molar-refractivity contribution is 5.79. The van der Waals surface area contributed by atoms with E-state index < -0.39 is 0 Å². The number of nitrogens with zero attached hydrogens (tertiary/aromatic N) is 3. The number of aryl methyl sites for hydroxylation is 1. The molecule has 0 radical (unpaired) electrons. The van der Waals surface area contributed by atoms with E-state index >= 15 is 0 Å². The first-order chi connectivity index (χ1) is 10.9. The van der Waals surface area contributed by atoms with E-state index in [1.165, 1.54) is 11.2 Å². The Morgan fingerprint density at radius 2 is 1.91 bits per heavy atom. The van der Waals surface area contributed by atoms with Gasteiger partial charge in [-0.2, -0.15) is 0 Å². The first-order valence-electron chi connectivity index (χ1n) is 8.68. The van der Waals surface area contributed by atoms with Crippen molar-refractivity contribution in [2.45, 2.75) is 59.0 Å². The molecule has 0 spiro atoms. The molecule has 0 atom stereocenters. The van der Waals surface area contributed by atoms with Gasteiger partial charge in [-0.25, -0.2) is 4.98 Å². The zero-order valence-corrected chi connectivity index (χ0v) is 15.0. The second-order valence-electron chi connectivity index (χ2n) is 7.81. The van der Waals surface area contributed by atoms with Crippen molar-refractivity contribution in [1.29, 1.82) is 0 Å². The highest BCUT2D eigenvalue weighted by Crippen LogP contribution is 2.28. The standard InChI is InChI=1S/C19H28N4/c1-14(2)20-11-8-12-22-17(19(3,4)5)13-23-16-10-7-6-9-15(16)21-18(22)23/h6-7,9-10,13-14,20H,8,11-12H2,1-5H3/p+1. The van der Waals surface area contributed by atoms with Gasteiger partial charge in [0, 0.05) is 30.3 Å². The largest absolute Gasteiger partial charge is 0.344 e. The molecule has 0 unspecified atom stereocenters. The molecule has 4 heteroatoms. The highest BCUT2D eigenvalue weighted by atomic mass is 15.2. The predicted molar refractivity (Wildman–Crippen MR) is 95.9 cm³/mol. The lowest BCUT2D eigenvalue weighted by molar-refractivity contribution is -0.683. The van der Waals surface area contributed by atoms with Gasteiger partial charge in [0.05, 0.1) is 23.6 Å². The van der Waals surface area contributed by atoms with E-state index in [4.69, 9.17) is 4.98 Å². The zero-order chi connectivity index (χ0) is 16.6. The number of rotatable bonds is 5. The minimum atomic E-state index is 0.115. The molecule has 0 aliphatic carbocycles. The molecule has 0 bridgehead atoms. The Balaban J connectivity index is 2.01. The van der Waals surface area contributed by atoms with Crippen LogP contribution in [0.2, 0.25) is 0 Å². The van der Waals surface area contributed by atoms with E-state index in [1.807, 2.05) is 0 Å². The minimum Gasteiger partial charge on any atom is -0.344 e. The van der Waals surface area contributed by atoms with Gasteiger partial charge in [-0.05, 0) is 26.0 Å². The molecule has 2 N–H and O–H groups in total. The molecule has 0 saturated heterocycles. The van der Waals surface area contributed by atoms with Crippen molar-refractivity contribution >= 4 is 16.8 Å². The monoisotopic (exact) mass is 313 g/mol. The summed E-state index contributed by atoms with van der Waals surface area (Å²) in [6.07, 6.45) is 3.44. The van der Waals surface area contributed by atoms with Crippen LogP contribution in [0, 0.1) is 0 Å². The van der Waals surface area contributed by atoms with Crippen LogP contribution >= 0.6 is 0 Å². The lowest BCUT2D eigenvalue weighted by Gasteiger charge is -2.20. The summed E-state index contributed by atoms with van der Waals surface area (Å²) in [5.74, 6) is 1.07. The molecule has 23 heavy (non-hydrogen) atoms. The van der Waals surface area contributed by atoms with Gasteiger partial charge in [-0.3, -0.25) is 4.40 Å². The lowest BCUT2D eigenvalue weighted by atomic mass is 9.92. The van der Waals surface area contributed by atoms with Crippen molar-refractivity contribution in [2.75, 3.05) is 6.54 Å². The van der Waals surface area contributed by atoms with E-state index in [-0.39, 0.29) is 5.41 Å². The van der Waals surface area contributed by atoms with Crippen LogP contribution in [0.1, 0.15) is 46.7 Å². The quantitative estimate of drug-likeness (QED) is 0.723. The Hall–Kier alpha value is -1.81. The number of benzene rings is 1. The molecule has 1 aromatic carbocycles. The fraction of sp³-hybridized carbons (Fsp3) is 0.526. The van der Waals surface area contributed by atoms with E-state index in [2.05, 4.69) is 79.4 Å². The first kappa shape index (κ1) is 16.1. The van der Waals surface area contributed by atoms with E-state index in [9.17, 15) is 0 Å². The molecular formula is C19H29N4+. The van der Waals surface area contributed by atoms with Crippen molar-refractivity contribution in [3.05, 3.63) is 36.2 Å². The molecule has 3 rings (SSSR count). The van der Waals surface area contributed by atoms with Crippen molar-refractivity contribution in [2.24, 2.45) is 0 Å².